The van der Waals surface area contributed by atoms with Gasteiger partial charge in [-0.15, -0.1) is 0 Å². The molecule has 1 heterocycles. The molecule has 0 fully saturated rings. The molecule has 0 spiro atoms. The Morgan fingerprint density at radius 3 is 2.65 bits per heavy atom. The van der Waals surface area contributed by atoms with Gasteiger partial charge in [0.2, 0.25) is 11.2 Å². The quantitative estimate of drug-likeness (QED) is 0.737. The first-order valence-corrected chi connectivity index (χ1v) is 7.57. The fourth-order valence-corrected chi connectivity index (χ4v) is 2.50. The highest BCUT2D eigenvalue weighted by molar-refractivity contribution is 7.98. The highest BCUT2D eigenvalue weighted by Gasteiger charge is 2.06. The van der Waals surface area contributed by atoms with E-state index in [0.717, 1.165) is 16.5 Å². The van der Waals surface area contributed by atoms with Gasteiger partial charge in [-0.2, -0.15) is 15.0 Å². The van der Waals surface area contributed by atoms with Gasteiger partial charge in [0.25, 0.3) is 0 Å². The first-order chi connectivity index (χ1) is 9.76. The molecule has 0 saturated heterocycles. The van der Waals surface area contributed by atoms with Gasteiger partial charge in [-0.05, 0) is 29.3 Å². The normalized spacial score (nSPS) is 10.7. The third-order valence-electron chi connectivity index (χ3n) is 2.81. The van der Waals surface area contributed by atoms with Crippen molar-refractivity contribution in [2.45, 2.75) is 5.16 Å². The van der Waals surface area contributed by atoms with E-state index in [2.05, 4.69) is 38.5 Å². The van der Waals surface area contributed by atoms with Crippen molar-refractivity contribution >= 4 is 45.8 Å². The number of hydrogen-bond donors (Lipinski definition) is 1. The lowest BCUT2D eigenvalue weighted by molar-refractivity contribution is 0.915. The first kappa shape index (κ1) is 13.1. The maximum absolute atomic E-state index is 5.90. The minimum atomic E-state index is 0.187. The molecule has 20 heavy (non-hydrogen) atoms. The van der Waals surface area contributed by atoms with Crippen LogP contribution in [0.4, 0.5) is 11.6 Å². The predicted octanol–water partition coefficient (Wildman–Crippen LogP) is 4.14. The molecule has 0 saturated carbocycles. The Bertz CT molecular complexity index is 758. The minimum absolute atomic E-state index is 0.187. The highest BCUT2D eigenvalue weighted by Crippen LogP contribution is 2.25. The van der Waals surface area contributed by atoms with Crippen molar-refractivity contribution in [2.75, 3.05) is 11.6 Å². The van der Waals surface area contributed by atoms with Gasteiger partial charge in [-0.3, -0.25) is 0 Å². The van der Waals surface area contributed by atoms with Crippen LogP contribution in [0.1, 0.15) is 0 Å². The number of halogens is 1. The molecule has 3 rings (SSSR count). The van der Waals surface area contributed by atoms with Gasteiger partial charge < -0.3 is 5.32 Å². The standard InChI is InChI=1S/C14H11ClN4S/c1-20-14-18-12(15)17-13(19-14)16-11-8-4-6-9-5-2-3-7-10(9)11/h2-8H,1H3,(H,16,17,18,19). The summed E-state index contributed by atoms with van der Waals surface area (Å²) >= 11 is 7.32. The lowest BCUT2D eigenvalue weighted by atomic mass is 10.1. The Morgan fingerprint density at radius 1 is 1.00 bits per heavy atom. The van der Waals surface area contributed by atoms with E-state index in [1.807, 2.05) is 30.5 Å². The summed E-state index contributed by atoms with van der Waals surface area (Å²) in [6.07, 6.45) is 1.90. The Hall–Kier alpha value is -1.85. The summed E-state index contributed by atoms with van der Waals surface area (Å²) in [4.78, 5) is 12.4. The molecule has 0 aliphatic carbocycles. The fraction of sp³-hybridized carbons (Fsp3) is 0.0714. The summed E-state index contributed by atoms with van der Waals surface area (Å²) < 4.78 is 0. The molecule has 0 radical (unpaired) electrons. The summed E-state index contributed by atoms with van der Waals surface area (Å²) in [5.41, 5.74) is 0.942. The molecule has 1 N–H and O–H groups in total. The van der Waals surface area contributed by atoms with Gasteiger partial charge in [0.15, 0.2) is 5.16 Å². The zero-order valence-corrected chi connectivity index (χ0v) is 12.2. The number of thioether (sulfide) groups is 1. The van der Waals surface area contributed by atoms with E-state index in [1.165, 1.54) is 11.8 Å². The van der Waals surface area contributed by atoms with Crippen LogP contribution in [0, 0.1) is 0 Å². The molecule has 1 aromatic heterocycles. The smallest absolute Gasteiger partial charge is 0.232 e. The molecule has 0 aliphatic heterocycles. The number of anilines is 2. The lowest BCUT2D eigenvalue weighted by Gasteiger charge is -2.09. The number of nitrogens with one attached hydrogen (secondary N) is 1. The second-order valence-electron chi connectivity index (χ2n) is 4.07. The third kappa shape index (κ3) is 2.69. The largest absolute Gasteiger partial charge is 0.323 e. The van der Waals surface area contributed by atoms with Crippen LogP contribution in [-0.4, -0.2) is 21.2 Å². The molecule has 3 aromatic rings. The van der Waals surface area contributed by atoms with Crippen molar-refractivity contribution < 1.29 is 0 Å². The Balaban J connectivity index is 2.03. The van der Waals surface area contributed by atoms with Crippen LogP contribution in [0.5, 0.6) is 0 Å². The maximum atomic E-state index is 5.90. The summed E-state index contributed by atoms with van der Waals surface area (Å²) in [6, 6.07) is 14.2. The summed E-state index contributed by atoms with van der Waals surface area (Å²) in [5.74, 6) is 0.450. The average Bonchev–Trinajstić information content (AvgIpc) is 2.47. The van der Waals surface area contributed by atoms with Crippen molar-refractivity contribution in [1.82, 2.24) is 15.0 Å². The zero-order valence-electron chi connectivity index (χ0n) is 10.7. The van der Waals surface area contributed by atoms with E-state index in [4.69, 9.17) is 11.6 Å². The number of rotatable bonds is 3. The van der Waals surface area contributed by atoms with Crippen molar-refractivity contribution in [1.29, 1.82) is 0 Å². The Morgan fingerprint density at radius 2 is 1.80 bits per heavy atom. The lowest BCUT2D eigenvalue weighted by Crippen LogP contribution is -2.00. The SMILES string of the molecule is CSc1nc(Cl)nc(Nc2cccc3ccccc23)n1. The van der Waals surface area contributed by atoms with Crippen molar-refractivity contribution in [3.8, 4) is 0 Å². The summed E-state index contributed by atoms with van der Waals surface area (Å²) in [6.45, 7) is 0. The number of nitrogens with zero attached hydrogens (tertiary/aromatic N) is 3. The van der Waals surface area contributed by atoms with Gasteiger partial charge in [0.1, 0.15) is 0 Å². The predicted molar refractivity (Wildman–Crippen MR) is 83.8 cm³/mol. The third-order valence-corrected chi connectivity index (χ3v) is 3.52. The van der Waals surface area contributed by atoms with Crippen LogP contribution >= 0.6 is 23.4 Å². The fourth-order valence-electron chi connectivity index (χ4n) is 1.93. The van der Waals surface area contributed by atoms with Crippen LogP contribution in [0.25, 0.3) is 10.8 Å². The van der Waals surface area contributed by atoms with Crippen molar-refractivity contribution in [2.24, 2.45) is 0 Å². The molecule has 0 aliphatic rings. The molecular weight excluding hydrogens is 292 g/mol. The van der Waals surface area contributed by atoms with E-state index in [1.54, 1.807) is 0 Å². The Labute approximate surface area is 125 Å². The topological polar surface area (TPSA) is 50.7 Å². The van der Waals surface area contributed by atoms with E-state index in [0.29, 0.717) is 11.1 Å². The van der Waals surface area contributed by atoms with Gasteiger partial charge in [0, 0.05) is 11.1 Å². The summed E-state index contributed by atoms with van der Waals surface area (Å²) in [5, 5.41) is 6.24. The monoisotopic (exact) mass is 302 g/mol. The second kappa shape index (κ2) is 5.64. The first-order valence-electron chi connectivity index (χ1n) is 5.96. The van der Waals surface area contributed by atoms with Crippen LogP contribution in [0.15, 0.2) is 47.6 Å². The molecule has 0 bridgehead atoms. The van der Waals surface area contributed by atoms with Gasteiger partial charge in [0.05, 0.1) is 0 Å². The van der Waals surface area contributed by atoms with Gasteiger partial charge >= 0.3 is 0 Å². The zero-order chi connectivity index (χ0) is 13.9. The van der Waals surface area contributed by atoms with Gasteiger partial charge in [-0.1, -0.05) is 48.2 Å². The number of fused-ring (bicyclic) bond motifs is 1. The number of aromatic nitrogens is 3. The molecule has 4 nitrogen and oxygen atoms in total. The molecule has 2 aromatic carbocycles. The van der Waals surface area contributed by atoms with Gasteiger partial charge in [-0.25, -0.2) is 0 Å². The van der Waals surface area contributed by atoms with E-state index < -0.39 is 0 Å². The molecule has 0 amide bonds. The molecule has 6 heteroatoms. The number of hydrogen-bond acceptors (Lipinski definition) is 5. The molecule has 0 atom stereocenters. The average molecular weight is 303 g/mol. The van der Waals surface area contributed by atoms with Crippen molar-refractivity contribution in [3.63, 3.8) is 0 Å². The second-order valence-corrected chi connectivity index (χ2v) is 5.18. The Kier molecular flexibility index (Phi) is 3.71. The van der Waals surface area contributed by atoms with Crippen LogP contribution in [-0.2, 0) is 0 Å². The summed E-state index contributed by atoms with van der Waals surface area (Å²) in [7, 11) is 0. The van der Waals surface area contributed by atoms with E-state index in [9.17, 15) is 0 Å². The van der Waals surface area contributed by atoms with Crippen LogP contribution < -0.4 is 5.32 Å². The molecule has 100 valence electrons. The van der Waals surface area contributed by atoms with E-state index >= 15 is 0 Å². The molecule has 0 unspecified atom stereocenters. The van der Waals surface area contributed by atoms with Crippen LogP contribution in [0.3, 0.4) is 0 Å². The highest BCUT2D eigenvalue weighted by atomic mass is 35.5. The molecular formula is C14H11ClN4S. The van der Waals surface area contributed by atoms with Crippen molar-refractivity contribution in [3.05, 3.63) is 47.7 Å². The number of benzene rings is 2. The minimum Gasteiger partial charge on any atom is -0.323 e. The maximum Gasteiger partial charge on any atom is 0.232 e. The van der Waals surface area contributed by atoms with Crippen LogP contribution in [0.2, 0.25) is 5.28 Å². The van der Waals surface area contributed by atoms with E-state index in [-0.39, 0.29) is 5.28 Å².